The second-order valence-electron chi connectivity index (χ2n) is 7.25. The van der Waals surface area contributed by atoms with Crippen molar-refractivity contribution in [3.05, 3.63) is 52.2 Å². The molecule has 0 aliphatic carbocycles. The number of anilines is 1. The number of amides is 2. The Morgan fingerprint density at radius 2 is 2.00 bits per heavy atom. The Balaban J connectivity index is 1.62. The van der Waals surface area contributed by atoms with E-state index in [1.54, 1.807) is 16.2 Å². The number of carbonyl (C=O) groups excluding carboxylic acids is 2. The van der Waals surface area contributed by atoms with Crippen LogP contribution in [0, 0.1) is 12.8 Å². The van der Waals surface area contributed by atoms with E-state index in [1.165, 1.54) is 4.88 Å². The van der Waals surface area contributed by atoms with Crippen LogP contribution in [-0.2, 0) is 15.0 Å². The number of thiophene rings is 1. The molecule has 4 nitrogen and oxygen atoms in total. The maximum Gasteiger partial charge on any atom is 0.239 e. The van der Waals surface area contributed by atoms with Gasteiger partial charge in [-0.25, -0.2) is 0 Å². The highest BCUT2D eigenvalue weighted by Crippen LogP contribution is 2.28. The summed E-state index contributed by atoms with van der Waals surface area (Å²) in [5, 5.41) is 5.03. The average Bonchev–Trinajstić information content (AvgIpc) is 3.24. The van der Waals surface area contributed by atoms with Crippen LogP contribution in [0.25, 0.3) is 0 Å². The molecular weight excluding hydrogens is 332 g/mol. The molecule has 132 valence electrons. The molecule has 3 rings (SSSR count). The molecule has 1 unspecified atom stereocenters. The predicted octanol–water partition coefficient (Wildman–Crippen LogP) is 3.50. The molecule has 5 heteroatoms. The molecule has 0 radical (unpaired) electrons. The third-order valence-corrected chi connectivity index (χ3v) is 6.00. The van der Waals surface area contributed by atoms with Crippen LogP contribution in [0.2, 0.25) is 0 Å². The molecule has 0 spiro atoms. The van der Waals surface area contributed by atoms with Crippen molar-refractivity contribution in [1.29, 1.82) is 0 Å². The molecule has 1 fully saturated rings. The normalized spacial score (nSPS) is 17.8. The lowest BCUT2D eigenvalue weighted by atomic mass is 9.91. The van der Waals surface area contributed by atoms with Crippen molar-refractivity contribution in [2.24, 2.45) is 5.92 Å². The molecule has 2 amide bonds. The number of benzene rings is 1. The fourth-order valence-corrected chi connectivity index (χ4v) is 3.94. The first kappa shape index (κ1) is 17.7. The number of nitrogens with one attached hydrogen (secondary N) is 1. The first-order chi connectivity index (χ1) is 11.9. The Morgan fingerprint density at radius 1 is 1.28 bits per heavy atom. The van der Waals surface area contributed by atoms with E-state index in [9.17, 15) is 9.59 Å². The van der Waals surface area contributed by atoms with Crippen molar-refractivity contribution < 1.29 is 9.59 Å². The van der Waals surface area contributed by atoms with Crippen LogP contribution < -0.4 is 10.2 Å². The molecular formula is C20H24N2O2S. The molecule has 25 heavy (non-hydrogen) atoms. The van der Waals surface area contributed by atoms with Gasteiger partial charge in [0, 0.05) is 29.1 Å². The monoisotopic (exact) mass is 356 g/mol. The summed E-state index contributed by atoms with van der Waals surface area (Å²) >= 11 is 1.69. The zero-order valence-electron chi connectivity index (χ0n) is 14.9. The van der Waals surface area contributed by atoms with Crippen LogP contribution >= 0.6 is 11.3 Å². The van der Waals surface area contributed by atoms with Gasteiger partial charge in [-0.1, -0.05) is 37.6 Å². The van der Waals surface area contributed by atoms with Crippen LogP contribution in [0.4, 0.5) is 5.69 Å². The Labute approximate surface area is 152 Å². The third kappa shape index (κ3) is 3.76. The van der Waals surface area contributed by atoms with Crippen molar-refractivity contribution in [2.75, 3.05) is 18.0 Å². The Kier molecular flexibility index (Phi) is 4.95. The standard InChI is InChI=1S/C20H24N2O2S/c1-14-6-8-15(9-7-14)22-11-10-16(19(22)24)18(23)21-13-20(2,3)17-5-4-12-25-17/h4-9,12,16H,10-11,13H2,1-3H3,(H,21,23). The van der Waals surface area contributed by atoms with Gasteiger partial charge in [-0.3, -0.25) is 9.59 Å². The van der Waals surface area contributed by atoms with E-state index >= 15 is 0 Å². The highest BCUT2D eigenvalue weighted by atomic mass is 32.1. The fourth-order valence-electron chi connectivity index (χ4n) is 3.09. The number of carbonyl (C=O) groups is 2. The number of nitrogens with zero attached hydrogens (tertiary/aromatic N) is 1. The van der Waals surface area contributed by atoms with E-state index in [0.29, 0.717) is 19.5 Å². The summed E-state index contributed by atoms with van der Waals surface area (Å²) in [7, 11) is 0. The summed E-state index contributed by atoms with van der Waals surface area (Å²) in [4.78, 5) is 28.1. The van der Waals surface area contributed by atoms with E-state index < -0.39 is 5.92 Å². The molecule has 1 N–H and O–H groups in total. The molecule has 0 bridgehead atoms. The largest absolute Gasteiger partial charge is 0.355 e. The number of aryl methyl sites for hydroxylation is 1. The second-order valence-corrected chi connectivity index (χ2v) is 8.19. The first-order valence-electron chi connectivity index (χ1n) is 8.58. The highest BCUT2D eigenvalue weighted by molar-refractivity contribution is 7.10. The molecule has 1 atom stereocenters. The van der Waals surface area contributed by atoms with Crippen LogP contribution in [-0.4, -0.2) is 24.9 Å². The summed E-state index contributed by atoms with van der Waals surface area (Å²) < 4.78 is 0. The molecule has 2 heterocycles. The van der Waals surface area contributed by atoms with Gasteiger partial charge >= 0.3 is 0 Å². The molecule has 0 saturated carbocycles. The van der Waals surface area contributed by atoms with Crippen LogP contribution in [0.5, 0.6) is 0 Å². The fraction of sp³-hybridized carbons (Fsp3) is 0.400. The van der Waals surface area contributed by atoms with E-state index in [0.717, 1.165) is 11.3 Å². The van der Waals surface area contributed by atoms with Gasteiger partial charge in [-0.2, -0.15) is 0 Å². The summed E-state index contributed by atoms with van der Waals surface area (Å²) in [6.07, 6.45) is 0.567. The summed E-state index contributed by atoms with van der Waals surface area (Å²) in [6, 6.07) is 11.9. The average molecular weight is 356 g/mol. The van der Waals surface area contributed by atoms with Gasteiger partial charge in [0.2, 0.25) is 11.8 Å². The van der Waals surface area contributed by atoms with Gasteiger partial charge in [0.15, 0.2) is 0 Å². The quantitative estimate of drug-likeness (QED) is 0.834. The molecule has 1 aromatic heterocycles. The van der Waals surface area contributed by atoms with Crippen molar-refractivity contribution in [1.82, 2.24) is 5.32 Å². The second kappa shape index (κ2) is 7.00. The van der Waals surface area contributed by atoms with Crippen LogP contribution in [0.1, 0.15) is 30.7 Å². The van der Waals surface area contributed by atoms with Gasteiger partial charge in [-0.05, 0) is 36.9 Å². The molecule has 1 aliphatic heterocycles. The lowest BCUT2D eigenvalue weighted by Gasteiger charge is -2.24. The number of rotatable bonds is 5. The number of hydrogen-bond donors (Lipinski definition) is 1. The summed E-state index contributed by atoms with van der Waals surface area (Å²) in [6.45, 7) is 7.35. The minimum absolute atomic E-state index is 0.102. The molecule has 2 aromatic rings. The maximum absolute atomic E-state index is 12.7. The van der Waals surface area contributed by atoms with Crippen molar-refractivity contribution >= 4 is 28.8 Å². The van der Waals surface area contributed by atoms with Gasteiger partial charge in [0.05, 0.1) is 0 Å². The minimum Gasteiger partial charge on any atom is -0.355 e. The van der Waals surface area contributed by atoms with Gasteiger partial charge in [-0.15, -0.1) is 11.3 Å². The lowest BCUT2D eigenvalue weighted by molar-refractivity contribution is -0.132. The predicted molar refractivity (Wildman–Crippen MR) is 102 cm³/mol. The topological polar surface area (TPSA) is 49.4 Å². The zero-order valence-corrected chi connectivity index (χ0v) is 15.7. The molecule has 1 aromatic carbocycles. The highest BCUT2D eigenvalue weighted by Gasteiger charge is 2.38. The Hall–Kier alpha value is -2.14. The van der Waals surface area contributed by atoms with Gasteiger partial charge in [0.25, 0.3) is 0 Å². The number of hydrogen-bond acceptors (Lipinski definition) is 3. The smallest absolute Gasteiger partial charge is 0.239 e. The van der Waals surface area contributed by atoms with E-state index in [1.807, 2.05) is 42.6 Å². The Bertz CT molecular complexity index is 751. The Morgan fingerprint density at radius 3 is 2.64 bits per heavy atom. The zero-order chi connectivity index (χ0) is 18.0. The van der Waals surface area contributed by atoms with E-state index in [2.05, 4.69) is 25.2 Å². The van der Waals surface area contributed by atoms with Crippen molar-refractivity contribution in [3.8, 4) is 0 Å². The molecule has 1 aliphatic rings. The van der Waals surface area contributed by atoms with Crippen molar-refractivity contribution in [3.63, 3.8) is 0 Å². The van der Waals surface area contributed by atoms with Gasteiger partial charge in [0.1, 0.15) is 5.92 Å². The van der Waals surface area contributed by atoms with Crippen molar-refractivity contribution in [2.45, 2.75) is 32.6 Å². The van der Waals surface area contributed by atoms with E-state index in [4.69, 9.17) is 0 Å². The summed E-state index contributed by atoms with van der Waals surface area (Å²) in [5.74, 6) is -0.847. The maximum atomic E-state index is 12.7. The third-order valence-electron chi connectivity index (χ3n) is 4.76. The van der Waals surface area contributed by atoms with Crippen LogP contribution in [0.3, 0.4) is 0 Å². The minimum atomic E-state index is -0.583. The molecule has 1 saturated heterocycles. The van der Waals surface area contributed by atoms with Gasteiger partial charge < -0.3 is 10.2 Å². The van der Waals surface area contributed by atoms with E-state index in [-0.39, 0.29) is 17.2 Å². The lowest BCUT2D eigenvalue weighted by Crippen LogP contribution is -2.42. The van der Waals surface area contributed by atoms with Crippen LogP contribution in [0.15, 0.2) is 41.8 Å². The summed E-state index contributed by atoms with van der Waals surface area (Å²) in [5.41, 5.74) is 1.88. The SMILES string of the molecule is Cc1ccc(N2CCC(C(=O)NCC(C)(C)c3cccs3)C2=O)cc1. The first-order valence-corrected chi connectivity index (χ1v) is 9.46.